The Morgan fingerprint density at radius 2 is 2.25 bits per heavy atom. The van der Waals surface area contributed by atoms with Gasteiger partial charge in [-0.15, -0.1) is 0 Å². The Bertz CT molecular complexity index is 184. The molecule has 2 N–H and O–H groups in total. The van der Waals surface area contributed by atoms with Gasteiger partial charge >= 0.3 is 0 Å². The summed E-state index contributed by atoms with van der Waals surface area (Å²) in [4.78, 5) is 4.95. The van der Waals surface area contributed by atoms with Gasteiger partial charge in [-0.05, 0) is 58.3 Å². The van der Waals surface area contributed by atoms with E-state index in [0.29, 0.717) is 0 Å². The molecule has 1 aliphatic heterocycles. The summed E-state index contributed by atoms with van der Waals surface area (Å²) in [5.74, 6) is 1.67. The molecule has 0 radical (unpaired) electrons. The molecule has 0 aromatic carbocycles. The first kappa shape index (κ1) is 13.9. The van der Waals surface area contributed by atoms with E-state index in [-0.39, 0.29) is 0 Å². The molecule has 3 nitrogen and oxygen atoms in total. The predicted molar refractivity (Wildman–Crippen MR) is 70.6 cm³/mol. The second kappa shape index (κ2) is 7.25. The van der Waals surface area contributed by atoms with Crippen molar-refractivity contribution >= 4 is 0 Å². The van der Waals surface area contributed by atoms with Crippen LogP contribution in [0.15, 0.2) is 0 Å². The zero-order valence-corrected chi connectivity index (χ0v) is 11.3. The molecule has 0 aromatic rings. The fourth-order valence-corrected chi connectivity index (χ4v) is 2.78. The molecule has 1 fully saturated rings. The molecule has 0 aliphatic carbocycles. The van der Waals surface area contributed by atoms with Gasteiger partial charge in [-0.1, -0.05) is 6.92 Å². The number of hydrogen-bond donors (Lipinski definition) is 1. The van der Waals surface area contributed by atoms with Crippen molar-refractivity contribution in [3.8, 4) is 0 Å². The van der Waals surface area contributed by atoms with E-state index in [9.17, 15) is 0 Å². The number of rotatable bonds is 7. The van der Waals surface area contributed by atoms with Gasteiger partial charge in [0.05, 0.1) is 0 Å². The highest BCUT2D eigenvalue weighted by Crippen LogP contribution is 2.16. The van der Waals surface area contributed by atoms with Crippen molar-refractivity contribution in [1.29, 1.82) is 0 Å². The van der Waals surface area contributed by atoms with E-state index in [0.717, 1.165) is 18.4 Å². The van der Waals surface area contributed by atoms with E-state index in [1.165, 1.54) is 45.4 Å². The van der Waals surface area contributed by atoms with Crippen LogP contribution < -0.4 is 5.73 Å². The third-order valence-corrected chi connectivity index (χ3v) is 3.58. The largest absolute Gasteiger partial charge is 0.330 e. The maximum atomic E-state index is 5.54. The fourth-order valence-electron chi connectivity index (χ4n) is 2.78. The molecule has 96 valence electrons. The van der Waals surface area contributed by atoms with Gasteiger partial charge < -0.3 is 15.5 Å². The second-order valence-electron chi connectivity index (χ2n) is 5.67. The van der Waals surface area contributed by atoms with Crippen LogP contribution in [0.5, 0.6) is 0 Å². The highest BCUT2D eigenvalue weighted by molar-refractivity contribution is 4.75. The lowest BCUT2D eigenvalue weighted by Crippen LogP contribution is -2.31. The first-order valence-corrected chi connectivity index (χ1v) is 6.69. The summed E-state index contributed by atoms with van der Waals surface area (Å²) in [5, 5.41) is 0. The van der Waals surface area contributed by atoms with Gasteiger partial charge in [0.1, 0.15) is 0 Å². The van der Waals surface area contributed by atoms with Crippen molar-refractivity contribution in [2.75, 3.05) is 46.8 Å². The molecule has 0 aromatic heterocycles. The highest BCUT2D eigenvalue weighted by atomic mass is 15.1. The summed E-state index contributed by atoms with van der Waals surface area (Å²) in [6, 6.07) is 0. The van der Waals surface area contributed by atoms with E-state index < -0.39 is 0 Å². The van der Waals surface area contributed by atoms with E-state index in [4.69, 9.17) is 5.73 Å². The molecule has 0 saturated carbocycles. The van der Waals surface area contributed by atoms with Crippen LogP contribution in [0.1, 0.15) is 26.2 Å². The smallest absolute Gasteiger partial charge is 0.00194 e. The lowest BCUT2D eigenvalue weighted by Gasteiger charge is -2.24. The van der Waals surface area contributed by atoms with Crippen LogP contribution in [-0.2, 0) is 0 Å². The Morgan fingerprint density at radius 3 is 2.81 bits per heavy atom. The van der Waals surface area contributed by atoms with Gasteiger partial charge in [0.15, 0.2) is 0 Å². The number of nitrogens with two attached hydrogens (primary N) is 1. The van der Waals surface area contributed by atoms with Crippen molar-refractivity contribution in [1.82, 2.24) is 9.80 Å². The van der Waals surface area contributed by atoms with E-state index in [1.807, 2.05) is 0 Å². The summed E-state index contributed by atoms with van der Waals surface area (Å²) >= 11 is 0. The van der Waals surface area contributed by atoms with Crippen LogP contribution in [0.4, 0.5) is 0 Å². The van der Waals surface area contributed by atoms with Crippen LogP contribution in [0, 0.1) is 11.8 Å². The molecular formula is C13H29N3. The average Bonchev–Trinajstić information content (AvgIpc) is 2.60. The van der Waals surface area contributed by atoms with Gasteiger partial charge in [0.25, 0.3) is 0 Å². The van der Waals surface area contributed by atoms with Crippen LogP contribution in [0.2, 0.25) is 0 Å². The molecule has 1 saturated heterocycles. The monoisotopic (exact) mass is 227 g/mol. The lowest BCUT2D eigenvalue weighted by molar-refractivity contribution is 0.237. The predicted octanol–water partition coefficient (Wildman–Crippen LogP) is 1.24. The molecular weight excluding hydrogens is 198 g/mol. The molecule has 1 rings (SSSR count). The lowest BCUT2D eigenvalue weighted by atomic mass is 10.0. The van der Waals surface area contributed by atoms with Crippen molar-refractivity contribution in [2.45, 2.75) is 26.2 Å². The molecule has 2 unspecified atom stereocenters. The Kier molecular flexibility index (Phi) is 6.32. The van der Waals surface area contributed by atoms with Crippen molar-refractivity contribution in [2.24, 2.45) is 17.6 Å². The molecule has 3 heteroatoms. The number of hydrogen-bond acceptors (Lipinski definition) is 3. The van der Waals surface area contributed by atoms with E-state index in [1.54, 1.807) is 0 Å². The summed E-state index contributed by atoms with van der Waals surface area (Å²) in [6.45, 7) is 8.22. The minimum Gasteiger partial charge on any atom is -0.330 e. The third-order valence-electron chi connectivity index (χ3n) is 3.58. The molecule has 0 bridgehead atoms. The van der Waals surface area contributed by atoms with Crippen molar-refractivity contribution in [3.05, 3.63) is 0 Å². The minimum atomic E-state index is 0.785. The Labute approximate surface area is 101 Å². The Morgan fingerprint density at radius 1 is 1.50 bits per heavy atom. The summed E-state index contributed by atoms with van der Waals surface area (Å²) < 4.78 is 0. The fraction of sp³-hybridized carbons (Fsp3) is 1.00. The van der Waals surface area contributed by atoms with Gasteiger partial charge in [0.2, 0.25) is 0 Å². The summed E-state index contributed by atoms with van der Waals surface area (Å²) in [5.41, 5.74) is 5.54. The first-order valence-electron chi connectivity index (χ1n) is 6.69. The molecule has 1 aliphatic rings. The Hall–Kier alpha value is -0.120. The van der Waals surface area contributed by atoms with Crippen LogP contribution in [0.25, 0.3) is 0 Å². The topological polar surface area (TPSA) is 32.5 Å². The van der Waals surface area contributed by atoms with Crippen LogP contribution in [-0.4, -0.2) is 56.6 Å². The molecule has 0 spiro atoms. The van der Waals surface area contributed by atoms with Gasteiger partial charge in [-0.3, -0.25) is 0 Å². The third kappa shape index (κ3) is 5.28. The average molecular weight is 227 g/mol. The van der Waals surface area contributed by atoms with Gasteiger partial charge in [-0.25, -0.2) is 0 Å². The maximum absolute atomic E-state index is 5.54. The summed E-state index contributed by atoms with van der Waals surface area (Å²) in [7, 11) is 4.49. The number of nitrogens with zero attached hydrogens (tertiary/aromatic N) is 2. The summed E-state index contributed by atoms with van der Waals surface area (Å²) in [6.07, 6.45) is 3.81. The van der Waals surface area contributed by atoms with Crippen molar-refractivity contribution < 1.29 is 0 Å². The van der Waals surface area contributed by atoms with Crippen molar-refractivity contribution in [3.63, 3.8) is 0 Å². The molecule has 2 atom stereocenters. The minimum absolute atomic E-state index is 0.785. The van der Waals surface area contributed by atoms with Crippen LogP contribution in [0.3, 0.4) is 0 Å². The first-order chi connectivity index (χ1) is 7.61. The zero-order valence-electron chi connectivity index (χ0n) is 11.3. The van der Waals surface area contributed by atoms with E-state index >= 15 is 0 Å². The molecule has 16 heavy (non-hydrogen) atoms. The normalized spacial score (nSPS) is 24.2. The van der Waals surface area contributed by atoms with Crippen LogP contribution >= 0.6 is 0 Å². The molecule has 1 heterocycles. The van der Waals surface area contributed by atoms with Gasteiger partial charge in [-0.2, -0.15) is 0 Å². The van der Waals surface area contributed by atoms with E-state index in [2.05, 4.69) is 30.8 Å². The maximum Gasteiger partial charge on any atom is 0.00194 e. The SMILES string of the molecule is CC(CCCN)CN(C)CC1CCN(C)C1. The van der Waals surface area contributed by atoms with Gasteiger partial charge in [0, 0.05) is 19.6 Å². The zero-order chi connectivity index (χ0) is 12.0. The standard InChI is InChI=1S/C13H29N3/c1-12(5-4-7-14)9-16(3)11-13-6-8-15(2)10-13/h12-13H,4-11,14H2,1-3H3. The second-order valence-corrected chi connectivity index (χ2v) is 5.67. The highest BCUT2D eigenvalue weighted by Gasteiger charge is 2.20. The quantitative estimate of drug-likeness (QED) is 0.710. The number of likely N-dealkylation sites (tertiary alicyclic amines) is 1. The Balaban J connectivity index is 2.12. The molecule has 0 amide bonds.